The van der Waals surface area contributed by atoms with Crippen LogP contribution in [0.2, 0.25) is 0 Å². The van der Waals surface area contributed by atoms with Crippen LogP contribution in [0.25, 0.3) is 0 Å². The van der Waals surface area contributed by atoms with E-state index in [1.165, 1.54) is 16.6 Å². The molecule has 3 rings (SSSR count). The van der Waals surface area contributed by atoms with Crippen LogP contribution in [0.3, 0.4) is 0 Å². The van der Waals surface area contributed by atoms with Crippen LogP contribution < -0.4 is 11.1 Å². The van der Waals surface area contributed by atoms with Crippen molar-refractivity contribution in [1.29, 1.82) is 0 Å². The summed E-state index contributed by atoms with van der Waals surface area (Å²) in [7, 11) is 0. The van der Waals surface area contributed by atoms with Crippen molar-refractivity contribution >= 4 is 22.0 Å². The minimum atomic E-state index is -1.33. The van der Waals surface area contributed by atoms with Crippen molar-refractivity contribution in [3.8, 4) is 0 Å². The molecule has 0 bridgehead atoms. The number of hydrogen-bond donors (Lipinski definition) is 3. The highest BCUT2D eigenvalue weighted by Gasteiger charge is 2.41. The first-order chi connectivity index (χ1) is 8.91. The van der Waals surface area contributed by atoms with Crippen molar-refractivity contribution in [3.63, 3.8) is 0 Å². The van der Waals surface area contributed by atoms with E-state index < -0.39 is 6.09 Å². The second kappa shape index (κ2) is 5.51. The van der Waals surface area contributed by atoms with Crippen molar-refractivity contribution < 1.29 is 9.90 Å². The number of aryl methyl sites for hydroxylation is 1. The van der Waals surface area contributed by atoms with Gasteiger partial charge in [0.1, 0.15) is 0 Å². The van der Waals surface area contributed by atoms with E-state index in [2.05, 4.69) is 53.0 Å². The van der Waals surface area contributed by atoms with Gasteiger partial charge in [-0.05, 0) is 48.1 Å². The topological polar surface area (TPSA) is 75.3 Å². The van der Waals surface area contributed by atoms with E-state index in [4.69, 9.17) is 9.90 Å². The highest BCUT2D eigenvalue weighted by atomic mass is 79.9. The molecule has 1 fully saturated rings. The van der Waals surface area contributed by atoms with Gasteiger partial charge in [0.15, 0.2) is 0 Å². The second-order valence-electron chi connectivity index (χ2n) is 5.29. The van der Waals surface area contributed by atoms with Crippen LogP contribution in [-0.2, 0) is 0 Å². The summed E-state index contributed by atoms with van der Waals surface area (Å²) in [4.78, 5) is 8.78. The van der Waals surface area contributed by atoms with E-state index in [0.717, 1.165) is 24.3 Å². The summed E-state index contributed by atoms with van der Waals surface area (Å²) in [6, 6.07) is 4.72. The molecule has 19 heavy (non-hydrogen) atoms. The summed E-state index contributed by atoms with van der Waals surface area (Å²) in [5.74, 6) is 2.31. The molecular weight excluding hydrogens is 308 g/mol. The van der Waals surface area contributed by atoms with E-state index in [1.54, 1.807) is 11.1 Å². The maximum absolute atomic E-state index is 8.78. The Morgan fingerprint density at radius 3 is 2.68 bits per heavy atom. The van der Waals surface area contributed by atoms with Crippen LogP contribution in [-0.4, -0.2) is 24.3 Å². The molecule has 0 radical (unpaired) electrons. The molecular formula is C14H19BrN2O2. The largest absolute Gasteiger partial charge is 0.465 e. The summed E-state index contributed by atoms with van der Waals surface area (Å²) in [5, 5.41) is 10.7. The van der Waals surface area contributed by atoms with E-state index >= 15 is 0 Å². The van der Waals surface area contributed by atoms with Gasteiger partial charge in [-0.3, -0.25) is 0 Å². The highest BCUT2D eigenvalue weighted by Crippen LogP contribution is 2.49. The van der Waals surface area contributed by atoms with Gasteiger partial charge in [0.25, 0.3) is 0 Å². The van der Waals surface area contributed by atoms with Crippen molar-refractivity contribution in [1.82, 2.24) is 5.32 Å². The Bertz CT molecular complexity index is 500. The zero-order chi connectivity index (χ0) is 14.2. The number of amides is 1. The molecule has 1 saturated heterocycles. The average Bonchev–Trinajstić information content (AvgIpc) is 2.86. The van der Waals surface area contributed by atoms with Gasteiger partial charge < -0.3 is 16.2 Å². The summed E-state index contributed by atoms with van der Waals surface area (Å²) >= 11 is 3.65. The van der Waals surface area contributed by atoms with E-state index in [1.807, 2.05) is 0 Å². The van der Waals surface area contributed by atoms with Gasteiger partial charge in [-0.2, -0.15) is 0 Å². The first-order valence-corrected chi connectivity index (χ1v) is 7.20. The number of halogens is 1. The van der Waals surface area contributed by atoms with Crippen molar-refractivity contribution in [2.24, 2.45) is 11.7 Å². The van der Waals surface area contributed by atoms with E-state index in [0.29, 0.717) is 0 Å². The zero-order valence-electron chi connectivity index (χ0n) is 11.1. The molecule has 3 unspecified atom stereocenters. The number of hydrogen-bond acceptors (Lipinski definition) is 2. The van der Waals surface area contributed by atoms with Gasteiger partial charge in [0.05, 0.1) is 0 Å². The SMILES string of the molecule is Cc1cc2c(cc1Br)C1CNCC1C2C.NC(=O)O. The lowest BCUT2D eigenvalue weighted by atomic mass is 9.91. The van der Waals surface area contributed by atoms with Crippen LogP contribution >= 0.6 is 15.9 Å². The van der Waals surface area contributed by atoms with Gasteiger partial charge in [-0.15, -0.1) is 0 Å². The summed E-state index contributed by atoms with van der Waals surface area (Å²) in [5.41, 5.74) is 8.57. The molecule has 4 N–H and O–H groups in total. The molecule has 1 aliphatic carbocycles. The first kappa shape index (κ1) is 14.3. The fraction of sp³-hybridized carbons (Fsp3) is 0.500. The van der Waals surface area contributed by atoms with Crippen LogP contribution in [0, 0.1) is 12.8 Å². The second-order valence-corrected chi connectivity index (χ2v) is 6.14. The number of carbonyl (C=O) groups is 1. The molecule has 104 valence electrons. The third kappa shape index (κ3) is 2.77. The minimum Gasteiger partial charge on any atom is -0.465 e. The Hall–Kier alpha value is -1.07. The van der Waals surface area contributed by atoms with Gasteiger partial charge in [-0.1, -0.05) is 28.9 Å². The van der Waals surface area contributed by atoms with Gasteiger partial charge in [-0.25, -0.2) is 4.79 Å². The maximum atomic E-state index is 8.78. The number of benzene rings is 1. The normalized spacial score (nSPS) is 27.2. The summed E-state index contributed by atoms with van der Waals surface area (Å²) in [6.07, 6.45) is -1.33. The summed E-state index contributed by atoms with van der Waals surface area (Å²) < 4.78 is 1.26. The molecule has 0 spiro atoms. The third-order valence-electron chi connectivity index (χ3n) is 4.16. The Morgan fingerprint density at radius 1 is 1.42 bits per heavy atom. The smallest absolute Gasteiger partial charge is 0.402 e. The molecule has 1 aromatic rings. The molecule has 1 aliphatic heterocycles. The van der Waals surface area contributed by atoms with Crippen LogP contribution in [0.4, 0.5) is 4.79 Å². The standard InChI is InChI=1S/C13H16BrN.CH3NO2/c1-7-3-9-8(2)11-5-15-6-12(11)10(9)4-13(7)14;2-1(3)4/h3-4,8,11-12,15H,5-6H2,1-2H3;2H2,(H,3,4). The van der Waals surface area contributed by atoms with E-state index in [9.17, 15) is 0 Å². The van der Waals surface area contributed by atoms with Crippen molar-refractivity contribution in [3.05, 3.63) is 33.3 Å². The number of carboxylic acid groups (broad SMARTS) is 1. The van der Waals surface area contributed by atoms with Crippen LogP contribution in [0.15, 0.2) is 16.6 Å². The number of nitrogens with two attached hydrogens (primary N) is 1. The fourth-order valence-electron chi connectivity index (χ4n) is 3.23. The molecule has 2 aliphatic rings. The Labute approximate surface area is 121 Å². The Balaban J connectivity index is 0.000000297. The number of fused-ring (bicyclic) bond motifs is 3. The average molecular weight is 327 g/mol. The fourth-order valence-corrected chi connectivity index (χ4v) is 3.59. The van der Waals surface area contributed by atoms with Crippen molar-refractivity contribution in [2.75, 3.05) is 13.1 Å². The highest BCUT2D eigenvalue weighted by molar-refractivity contribution is 9.10. The summed E-state index contributed by atoms with van der Waals surface area (Å²) in [6.45, 7) is 6.92. The van der Waals surface area contributed by atoms with Crippen molar-refractivity contribution in [2.45, 2.75) is 25.7 Å². The number of nitrogens with one attached hydrogen (secondary N) is 1. The molecule has 0 aromatic heterocycles. The number of primary amides is 1. The van der Waals surface area contributed by atoms with Gasteiger partial charge in [0, 0.05) is 16.9 Å². The van der Waals surface area contributed by atoms with Gasteiger partial charge in [0.2, 0.25) is 0 Å². The Kier molecular flexibility index (Phi) is 4.16. The first-order valence-electron chi connectivity index (χ1n) is 6.41. The molecule has 5 heteroatoms. The number of rotatable bonds is 0. The lowest BCUT2D eigenvalue weighted by Crippen LogP contribution is -2.12. The monoisotopic (exact) mass is 326 g/mol. The molecule has 1 aromatic carbocycles. The molecule has 1 amide bonds. The molecule has 1 heterocycles. The predicted octanol–water partition coefficient (Wildman–Crippen LogP) is 2.80. The molecule has 0 saturated carbocycles. The van der Waals surface area contributed by atoms with Crippen LogP contribution in [0.1, 0.15) is 35.4 Å². The van der Waals surface area contributed by atoms with Crippen LogP contribution in [0.5, 0.6) is 0 Å². The van der Waals surface area contributed by atoms with E-state index in [-0.39, 0.29) is 0 Å². The quantitative estimate of drug-likeness (QED) is 0.686. The molecule has 4 nitrogen and oxygen atoms in total. The Morgan fingerprint density at radius 2 is 2.05 bits per heavy atom. The zero-order valence-corrected chi connectivity index (χ0v) is 12.7. The molecule has 3 atom stereocenters. The maximum Gasteiger partial charge on any atom is 0.402 e. The lowest BCUT2D eigenvalue weighted by molar-refractivity contribution is 0.205. The lowest BCUT2D eigenvalue weighted by Gasteiger charge is -2.12. The predicted molar refractivity (Wildman–Crippen MR) is 78.6 cm³/mol. The van der Waals surface area contributed by atoms with Gasteiger partial charge >= 0.3 is 6.09 Å². The third-order valence-corrected chi connectivity index (χ3v) is 5.01. The minimum absolute atomic E-state index is 0.729.